The van der Waals surface area contributed by atoms with Crippen LogP contribution in [-0.4, -0.2) is 56.7 Å². The molecule has 1 N–H and O–H groups in total. The molecule has 1 saturated heterocycles. The topological polar surface area (TPSA) is 68.1 Å². The Morgan fingerprint density at radius 2 is 1.73 bits per heavy atom. The summed E-state index contributed by atoms with van der Waals surface area (Å²) < 4.78 is 21.8. The molecule has 2 aromatic heterocycles. The first-order valence-corrected chi connectivity index (χ1v) is 11.3. The summed E-state index contributed by atoms with van der Waals surface area (Å²) in [7, 11) is 0. The van der Waals surface area contributed by atoms with Gasteiger partial charge in [-0.05, 0) is 48.7 Å². The molecule has 8 heteroatoms. The van der Waals surface area contributed by atoms with Crippen LogP contribution in [0.15, 0.2) is 67.0 Å². The molecule has 0 radical (unpaired) electrons. The summed E-state index contributed by atoms with van der Waals surface area (Å²) in [6.45, 7) is 4.28. The maximum atomic E-state index is 13.3. The predicted octanol–water partition coefficient (Wildman–Crippen LogP) is 3.97. The summed E-state index contributed by atoms with van der Waals surface area (Å²) in [6, 6.07) is 17.1. The molecule has 170 valence electrons. The minimum Gasteiger partial charge on any atom is -0.461 e. The molecule has 1 aliphatic rings. The quantitative estimate of drug-likeness (QED) is 0.442. The highest BCUT2D eigenvalue weighted by atomic mass is 19.1. The van der Waals surface area contributed by atoms with Gasteiger partial charge in [0.15, 0.2) is 0 Å². The standard InChI is InChI=1S/C25H27FN6O/c26-20-8-6-19(7-9-20)18-32-23-5-2-1-4-22(23)30-25(32)33-21-10-15-31(16-11-21)17-14-29-24-27-12-3-13-28-24/h1-9,12-13,21H,10-11,14-18H2,(H,27,28,29). The Bertz CT molecular complexity index is 1170. The number of nitrogens with one attached hydrogen (secondary N) is 1. The van der Waals surface area contributed by atoms with E-state index in [2.05, 4.69) is 24.8 Å². The number of benzene rings is 2. The van der Waals surface area contributed by atoms with E-state index in [4.69, 9.17) is 9.72 Å². The molecule has 5 rings (SSSR count). The average molecular weight is 447 g/mol. The van der Waals surface area contributed by atoms with Crippen molar-refractivity contribution in [2.75, 3.05) is 31.5 Å². The maximum absolute atomic E-state index is 13.3. The summed E-state index contributed by atoms with van der Waals surface area (Å²) in [5, 5.41) is 3.26. The van der Waals surface area contributed by atoms with E-state index >= 15 is 0 Å². The molecule has 0 atom stereocenters. The normalized spacial score (nSPS) is 15.1. The van der Waals surface area contributed by atoms with Gasteiger partial charge in [-0.2, -0.15) is 4.98 Å². The Balaban J connectivity index is 1.20. The molecule has 33 heavy (non-hydrogen) atoms. The SMILES string of the molecule is Fc1ccc(Cn2c(OC3CCN(CCNc4ncccn4)CC3)nc3ccccc32)cc1. The minimum absolute atomic E-state index is 0.121. The summed E-state index contributed by atoms with van der Waals surface area (Å²) >= 11 is 0. The van der Waals surface area contributed by atoms with Gasteiger partial charge in [-0.25, -0.2) is 14.4 Å². The summed E-state index contributed by atoms with van der Waals surface area (Å²) in [5.41, 5.74) is 2.93. The zero-order chi connectivity index (χ0) is 22.5. The zero-order valence-corrected chi connectivity index (χ0v) is 18.4. The smallest absolute Gasteiger partial charge is 0.297 e. The van der Waals surface area contributed by atoms with Crippen LogP contribution < -0.4 is 10.1 Å². The summed E-state index contributed by atoms with van der Waals surface area (Å²) in [4.78, 5) is 15.6. The molecule has 1 aliphatic heterocycles. The molecule has 2 aromatic carbocycles. The van der Waals surface area contributed by atoms with Crippen LogP contribution in [0.5, 0.6) is 6.01 Å². The Labute approximate surface area is 192 Å². The molecular weight excluding hydrogens is 419 g/mol. The van der Waals surface area contributed by atoms with Gasteiger partial charge < -0.3 is 15.0 Å². The van der Waals surface area contributed by atoms with Crippen molar-refractivity contribution in [2.24, 2.45) is 0 Å². The van der Waals surface area contributed by atoms with Crippen LogP contribution >= 0.6 is 0 Å². The lowest BCUT2D eigenvalue weighted by Gasteiger charge is -2.31. The van der Waals surface area contributed by atoms with Crippen molar-refractivity contribution in [2.45, 2.75) is 25.5 Å². The lowest BCUT2D eigenvalue weighted by atomic mass is 10.1. The van der Waals surface area contributed by atoms with Gasteiger partial charge in [0.1, 0.15) is 11.9 Å². The number of piperidine rings is 1. The fourth-order valence-corrected chi connectivity index (χ4v) is 4.18. The number of likely N-dealkylation sites (tertiary alicyclic amines) is 1. The van der Waals surface area contributed by atoms with E-state index in [1.807, 2.05) is 30.3 Å². The van der Waals surface area contributed by atoms with Crippen molar-refractivity contribution in [1.29, 1.82) is 0 Å². The van der Waals surface area contributed by atoms with E-state index in [0.29, 0.717) is 18.5 Å². The fourth-order valence-electron chi connectivity index (χ4n) is 4.18. The van der Waals surface area contributed by atoms with Crippen LogP contribution in [0.25, 0.3) is 11.0 Å². The van der Waals surface area contributed by atoms with Crippen LogP contribution in [0.4, 0.5) is 10.3 Å². The minimum atomic E-state index is -0.232. The highest BCUT2D eigenvalue weighted by molar-refractivity contribution is 5.76. The van der Waals surface area contributed by atoms with E-state index in [1.54, 1.807) is 24.5 Å². The average Bonchev–Trinajstić information content (AvgIpc) is 3.19. The van der Waals surface area contributed by atoms with E-state index in [1.165, 1.54) is 12.1 Å². The first-order valence-electron chi connectivity index (χ1n) is 11.3. The van der Waals surface area contributed by atoms with Gasteiger partial charge in [0.2, 0.25) is 5.95 Å². The lowest BCUT2D eigenvalue weighted by Crippen LogP contribution is -2.40. The molecular formula is C25H27FN6O. The first-order chi connectivity index (χ1) is 16.2. The van der Waals surface area contributed by atoms with Crippen LogP contribution in [0.2, 0.25) is 0 Å². The Kier molecular flexibility index (Phi) is 6.44. The highest BCUT2D eigenvalue weighted by Crippen LogP contribution is 2.25. The number of rotatable bonds is 8. The lowest BCUT2D eigenvalue weighted by molar-refractivity contribution is 0.0922. The molecule has 0 amide bonds. The van der Waals surface area contributed by atoms with Crippen LogP contribution in [0, 0.1) is 5.82 Å². The van der Waals surface area contributed by atoms with Crippen LogP contribution in [-0.2, 0) is 6.54 Å². The monoisotopic (exact) mass is 446 g/mol. The highest BCUT2D eigenvalue weighted by Gasteiger charge is 2.23. The van der Waals surface area contributed by atoms with Crippen molar-refractivity contribution in [3.63, 3.8) is 0 Å². The second kappa shape index (κ2) is 9.95. The number of hydrogen-bond acceptors (Lipinski definition) is 6. The van der Waals surface area contributed by atoms with E-state index in [9.17, 15) is 4.39 Å². The molecule has 0 unspecified atom stereocenters. The van der Waals surface area contributed by atoms with Crippen molar-refractivity contribution < 1.29 is 9.13 Å². The number of anilines is 1. The van der Waals surface area contributed by atoms with E-state index in [0.717, 1.165) is 55.6 Å². The van der Waals surface area contributed by atoms with Gasteiger partial charge in [-0.15, -0.1) is 0 Å². The van der Waals surface area contributed by atoms with Gasteiger partial charge >= 0.3 is 0 Å². The van der Waals surface area contributed by atoms with E-state index < -0.39 is 0 Å². The van der Waals surface area contributed by atoms with Gasteiger partial charge in [0.25, 0.3) is 6.01 Å². The second-order valence-electron chi connectivity index (χ2n) is 8.25. The number of aromatic nitrogens is 4. The third-order valence-corrected chi connectivity index (χ3v) is 5.96. The van der Waals surface area contributed by atoms with Gasteiger partial charge in [-0.3, -0.25) is 4.57 Å². The van der Waals surface area contributed by atoms with Crippen LogP contribution in [0.1, 0.15) is 18.4 Å². The fraction of sp³-hybridized carbons (Fsp3) is 0.320. The van der Waals surface area contributed by atoms with Crippen LogP contribution in [0.3, 0.4) is 0 Å². The number of hydrogen-bond donors (Lipinski definition) is 1. The first kappa shape index (κ1) is 21.3. The van der Waals surface area contributed by atoms with Crippen molar-refractivity contribution in [3.05, 3.63) is 78.4 Å². The summed E-state index contributed by atoms with van der Waals surface area (Å²) in [5.74, 6) is 0.430. The Morgan fingerprint density at radius 3 is 2.52 bits per heavy atom. The molecule has 4 aromatic rings. The van der Waals surface area contributed by atoms with Gasteiger partial charge in [0.05, 0.1) is 17.6 Å². The summed E-state index contributed by atoms with van der Waals surface area (Å²) in [6.07, 6.45) is 5.49. The van der Waals surface area contributed by atoms with Crippen molar-refractivity contribution in [1.82, 2.24) is 24.4 Å². The number of ether oxygens (including phenoxy) is 1. The molecule has 0 spiro atoms. The molecule has 0 aliphatic carbocycles. The number of nitrogens with zero attached hydrogens (tertiary/aromatic N) is 5. The van der Waals surface area contributed by atoms with Gasteiger partial charge in [-0.1, -0.05) is 24.3 Å². The number of fused-ring (bicyclic) bond motifs is 1. The third-order valence-electron chi connectivity index (χ3n) is 5.96. The Hall–Kier alpha value is -3.52. The second-order valence-corrected chi connectivity index (χ2v) is 8.25. The predicted molar refractivity (Wildman–Crippen MR) is 126 cm³/mol. The molecule has 7 nitrogen and oxygen atoms in total. The Morgan fingerprint density at radius 1 is 0.970 bits per heavy atom. The van der Waals surface area contributed by atoms with Crippen molar-refractivity contribution >= 4 is 17.0 Å². The zero-order valence-electron chi connectivity index (χ0n) is 18.4. The molecule has 3 heterocycles. The number of imidazole rings is 1. The molecule has 0 saturated carbocycles. The number of para-hydroxylation sites is 2. The maximum Gasteiger partial charge on any atom is 0.297 e. The molecule has 0 bridgehead atoms. The third kappa shape index (κ3) is 5.28. The number of halogens is 1. The molecule has 1 fully saturated rings. The van der Waals surface area contributed by atoms with E-state index in [-0.39, 0.29) is 11.9 Å². The largest absolute Gasteiger partial charge is 0.461 e. The van der Waals surface area contributed by atoms with Crippen molar-refractivity contribution in [3.8, 4) is 6.01 Å². The van der Waals surface area contributed by atoms with Gasteiger partial charge in [0, 0.05) is 38.6 Å².